The molecule has 0 fully saturated rings. The molecular formula is C18H22N4O5S2. The molecule has 2 N–H and O–H groups in total. The highest BCUT2D eigenvalue weighted by molar-refractivity contribution is 7.91. The molecule has 0 spiro atoms. The zero-order valence-electron chi connectivity index (χ0n) is 15.8. The Morgan fingerprint density at radius 1 is 1.10 bits per heavy atom. The van der Waals surface area contributed by atoms with Gasteiger partial charge in [0.2, 0.25) is 10.0 Å². The minimum atomic E-state index is -3.72. The molecule has 0 aliphatic heterocycles. The van der Waals surface area contributed by atoms with E-state index in [0.29, 0.717) is 17.1 Å². The summed E-state index contributed by atoms with van der Waals surface area (Å²) in [6, 6.07) is 11.0. The van der Waals surface area contributed by atoms with E-state index in [2.05, 4.69) is 15.0 Å². The van der Waals surface area contributed by atoms with Gasteiger partial charge in [-0.25, -0.2) is 26.5 Å². The maximum atomic E-state index is 12.3. The monoisotopic (exact) mass is 438 g/mol. The van der Waals surface area contributed by atoms with E-state index in [4.69, 9.17) is 10.00 Å². The minimum Gasteiger partial charge on any atom is -0.493 e. The average molecular weight is 439 g/mol. The SMILES string of the molecule is CCS(=O)(=O)CCOc1ccc(S(=O)(=O)NCCNc2ncccc2C#N)cc1. The Bertz CT molecular complexity index is 1060. The van der Waals surface area contributed by atoms with Crippen LogP contribution in [0.15, 0.2) is 47.5 Å². The number of anilines is 1. The Morgan fingerprint density at radius 3 is 2.48 bits per heavy atom. The van der Waals surface area contributed by atoms with Crippen molar-refractivity contribution in [3.05, 3.63) is 48.2 Å². The molecular weight excluding hydrogens is 416 g/mol. The van der Waals surface area contributed by atoms with Gasteiger partial charge in [-0.15, -0.1) is 0 Å². The molecule has 2 aromatic rings. The Hall–Kier alpha value is -2.68. The third-order valence-electron chi connectivity index (χ3n) is 3.87. The molecule has 29 heavy (non-hydrogen) atoms. The lowest BCUT2D eigenvalue weighted by atomic mass is 10.3. The molecule has 0 bridgehead atoms. The summed E-state index contributed by atoms with van der Waals surface area (Å²) in [6.45, 7) is 1.91. The van der Waals surface area contributed by atoms with E-state index in [0.717, 1.165) is 0 Å². The second-order valence-corrected chi connectivity index (χ2v) is 10.1. The van der Waals surface area contributed by atoms with E-state index in [1.54, 1.807) is 19.1 Å². The summed E-state index contributed by atoms with van der Waals surface area (Å²) in [5, 5.41) is 11.9. The third kappa shape index (κ3) is 7.01. The van der Waals surface area contributed by atoms with Crippen molar-refractivity contribution in [2.24, 2.45) is 0 Å². The van der Waals surface area contributed by atoms with Crippen molar-refractivity contribution in [1.82, 2.24) is 9.71 Å². The number of sulfone groups is 1. The van der Waals surface area contributed by atoms with Crippen molar-refractivity contribution >= 4 is 25.7 Å². The fourth-order valence-corrected chi connectivity index (χ4v) is 3.89. The number of nitrogens with zero attached hydrogens (tertiary/aromatic N) is 2. The lowest BCUT2D eigenvalue weighted by Crippen LogP contribution is -2.29. The summed E-state index contributed by atoms with van der Waals surface area (Å²) in [5.74, 6) is 0.727. The third-order valence-corrected chi connectivity index (χ3v) is 7.02. The predicted molar refractivity (Wildman–Crippen MR) is 109 cm³/mol. The van der Waals surface area contributed by atoms with Crippen molar-refractivity contribution in [3.63, 3.8) is 0 Å². The highest BCUT2D eigenvalue weighted by atomic mass is 32.2. The minimum absolute atomic E-state index is 0.00436. The summed E-state index contributed by atoms with van der Waals surface area (Å²) in [4.78, 5) is 4.09. The second-order valence-electron chi connectivity index (χ2n) is 5.89. The molecule has 0 aliphatic rings. The van der Waals surface area contributed by atoms with E-state index < -0.39 is 19.9 Å². The molecule has 0 unspecified atom stereocenters. The van der Waals surface area contributed by atoms with Gasteiger partial charge in [0.05, 0.1) is 16.2 Å². The fraction of sp³-hybridized carbons (Fsp3) is 0.333. The molecule has 11 heteroatoms. The molecule has 0 saturated carbocycles. The first-order valence-corrected chi connectivity index (χ1v) is 12.1. The van der Waals surface area contributed by atoms with Gasteiger partial charge in [0, 0.05) is 25.0 Å². The van der Waals surface area contributed by atoms with Crippen molar-refractivity contribution in [2.45, 2.75) is 11.8 Å². The van der Waals surface area contributed by atoms with Crippen LogP contribution in [0.2, 0.25) is 0 Å². The summed E-state index contributed by atoms with van der Waals surface area (Å²) >= 11 is 0. The zero-order chi connectivity index (χ0) is 21.3. The van der Waals surface area contributed by atoms with Crippen LogP contribution in [-0.4, -0.2) is 53.0 Å². The van der Waals surface area contributed by atoms with Gasteiger partial charge in [0.25, 0.3) is 0 Å². The Kier molecular flexibility index (Phi) is 7.95. The van der Waals surface area contributed by atoms with Gasteiger partial charge in [-0.3, -0.25) is 0 Å². The maximum absolute atomic E-state index is 12.3. The highest BCUT2D eigenvalue weighted by Crippen LogP contribution is 2.16. The molecule has 1 heterocycles. The molecule has 0 amide bonds. The lowest BCUT2D eigenvalue weighted by Gasteiger charge is -2.10. The van der Waals surface area contributed by atoms with Gasteiger partial charge in [-0.2, -0.15) is 5.26 Å². The van der Waals surface area contributed by atoms with Crippen LogP contribution in [0.25, 0.3) is 0 Å². The Morgan fingerprint density at radius 2 is 1.83 bits per heavy atom. The first-order chi connectivity index (χ1) is 13.8. The molecule has 2 rings (SSSR count). The van der Waals surface area contributed by atoms with E-state index in [-0.39, 0.29) is 36.1 Å². The van der Waals surface area contributed by atoms with Gasteiger partial charge in [-0.1, -0.05) is 6.92 Å². The summed E-state index contributed by atoms with van der Waals surface area (Å²) in [6.07, 6.45) is 1.54. The van der Waals surface area contributed by atoms with Gasteiger partial charge in [0.1, 0.15) is 24.2 Å². The van der Waals surface area contributed by atoms with Crippen LogP contribution in [-0.2, 0) is 19.9 Å². The van der Waals surface area contributed by atoms with Crippen LogP contribution in [0.3, 0.4) is 0 Å². The zero-order valence-corrected chi connectivity index (χ0v) is 17.5. The normalized spacial score (nSPS) is 11.6. The molecule has 1 aromatic heterocycles. The lowest BCUT2D eigenvalue weighted by molar-refractivity contribution is 0.340. The van der Waals surface area contributed by atoms with Gasteiger partial charge in [0.15, 0.2) is 9.84 Å². The second kappa shape index (κ2) is 10.2. The first-order valence-electron chi connectivity index (χ1n) is 8.79. The van der Waals surface area contributed by atoms with E-state index in [9.17, 15) is 16.8 Å². The predicted octanol–water partition coefficient (Wildman–Crippen LogP) is 1.16. The summed E-state index contributed by atoms with van der Waals surface area (Å²) in [7, 11) is -6.84. The van der Waals surface area contributed by atoms with Gasteiger partial charge >= 0.3 is 0 Å². The Labute approximate surface area is 170 Å². The average Bonchev–Trinajstić information content (AvgIpc) is 2.72. The quantitative estimate of drug-likeness (QED) is 0.498. The van der Waals surface area contributed by atoms with Crippen molar-refractivity contribution in [3.8, 4) is 11.8 Å². The fourth-order valence-electron chi connectivity index (χ4n) is 2.23. The number of aromatic nitrogens is 1. The summed E-state index contributed by atoms with van der Waals surface area (Å²) < 4.78 is 55.3. The molecule has 0 atom stereocenters. The Balaban J connectivity index is 1.85. The molecule has 156 valence electrons. The number of hydrogen-bond acceptors (Lipinski definition) is 8. The number of pyridine rings is 1. The van der Waals surface area contributed by atoms with Crippen LogP contribution >= 0.6 is 0 Å². The van der Waals surface area contributed by atoms with Crippen LogP contribution in [0.1, 0.15) is 12.5 Å². The number of ether oxygens (including phenoxy) is 1. The number of sulfonamides is 1. The number of hydrogen-bond donors (Lipinski definition) is 2. The smallest absolute Gasteiger partial charge is 0.240 e. The number of nitrogens with one attached hydrogen (secondary N) is 2. The summed E-state index contributed by atoms with van der Waals surface area (Å²) in [5.41, 5.74) is 0.373. The first kappa shape index (κ1) is 22.6. The topological polar surface area (TPSA) is 138 Å². The standard InChI is InChI=1S/C18H22N4O5S2/c1-2-28(23,24)13-12-27-16-5-7-17(8-6-16)29(25,26)22-11-10-21-18-15(14-19)4-3-9-20-18/h3-9,22H,2,10-13H2,1H3,(H,20,21). The highest BCUT2D eigenvalue weighted by Gasteiger charge is 2.14. The number of rotatable bonds is 11. The number of nitriles is 1. The molecule has 0 radical (unpaired) electrons. The maximum Gasteiger partial charge on any atom is 0.240 e. The van der Waals surface area contributed by atoms with E-state index in [1.807, 2.05) is 6.07 Å². The van der Waals surface area contributed by atoms with Crippen molar-refractivity contribution in [1.29, 1.82) is 5.26 Å². The molecule has 1 aromatic carbocycles. The van der Waals surface area contributed by atoms with Crippen molar-refractivity contribution < 1.29 is 21.6 Å². The van der Waals surface area contributed by atoms with E-state index >= 15 is 0 Å². The number of benzene rings is 1. The van der Waals surface area contributed by atoms with E-state index in [1.165, 1.54) is 30.5 Å². The van der Waals surface area contributed by atoms with Crippen molar-refractivity contribution in [2.75, 3.05) is 36.5 Å². The van der Waals surface area contributed by atoms with Crippen LogP contribution in [0.5, 0.6) is 5.75 Å². The van der Waals surface area contributed by atoms with Gasteiger partial charge < -0.3 is 10.1 Å². The molecule has 0 saturated heterocycles. The molecule has 0 aliphatic carbocycles. The van der Waals surface area contributed by atoms with Crippen LogP contribution in [0, 0.1) is 11.3 Å². The van der Waals surface area contributed by atoms with Gasteiger partial charge in [-0.05, 0) is 36.4 Å². The van der Waals surface area contributed by atoms with Crippen LogP contribution in [0.4, 0.5) is 5.82 Å². The van der Waals surface area contributed by atoms with Crippen LogP contribution < -0.4 is 14.8 Å². The largest absolute Gasteiger partial charge is 0.493 e. The molecule has 9 nitrogen and oxygen atoms in total.